The molecule has 0 saturated carbocycles. The van der Waals surface area contributed by atoms with Crippen LogP contribution in [0.5, 0.6) is 0 Å². The maximum absolute atomic E-state index is 11.2. The van der Waals surface area contributed by atoms with Crippen LogP contribution >= 0.6 is 0 Å². The maximum Gasteiger partial charge on any atom is 0.155 e. The smallest absolute Gasteiger partial charge is 0.155 e. The molecule has 0 aliphatic rings. The van der Waals surface area contributed by atoms with Crippen molar-refractivity contribution in [3.63, 3.8) is 0 Å². The Bertz CT molecular complexity index is 385. The monoisotopic (exact) mass is 212 g/mol. The Hall–Kier alpha value is -1.89. The molecule has 1 aromatic carbocycles. The molecule has 1 heteroatoms. The van der Waals surface area contributed by atoms with Crippen molar-refractivity contribution in [2.24, 2.45) is 0 Å². The molecule has 1 aromatic rings. The predicted octanol–water partition coefficient (Wildman–Crippen LogP) is 3.79. The van der Waals surface area contributed by atoms with E-state index in [1.165, 1.54) is 0 Å². The average molecular weight is 212 g/mol. The van der Waals surface area contributed by atoms with Gasteiger partial charge in [0.2, 0.25) is 0 Å². The number of carbonyl (C=O) groups excluding carboxylic acids is 1. The Labute approximate surface area is 96.8 Å². The van der Waals surface area contributed by atoms with Crippen LogP contribution in [0, 0.1) is 0 Å². The van der Waals surface area contributed by atoms with Crippen molar-refractivity contribution in [2.45, 2.75) is 12.8 Å². The molecule has 0 amide bonds. The predicted molar refractivity (Wildman–Crippen MR) is 69.1 cm³/mol. The third kappa shape index (κ3) is 5.11. The van der Waals surface area contributed by atoms with Crippen molar-refractivity contribution in [1.82, 2.24) is 0 Å². The molecule has 82 valence electrons. The molecule has 1 rings (SSSR count). The van der Waals surface area contributed by atoms with E-state index in [1.54, 1.807) is 18.2 Å². The standard InChI is InChI=1S/C15H16O/c1-2-3-12-15(16)13-8-7-11-14-9-5-4-6-10-14/h2,4-11,13H,1,3,12H2/b11-7+,13-8+. The van der Waals surface area contributed by atoms with Crippen LogP contribution in [-0.2, 0) is 4.79 Å². The van der Waals surface area contributed by atoms with Crippen LogP contribution < -0.4 is 0 Å². The zero-order chi connectivity index (χ0) is 11.6. The van der Waals surface area contributed by atoms with E-state index >= 15 is 0 Å². The lowest BCUT2D eigenvalue weighted by Crippen LogP contribution is -1.89. The topological polar surface area (TPSA) is 17.1 Å². The van der Waals surface area contributed by atoms with Gasteiger partial charge in [-0.2, -0.15) is 0 Å². The molecule has 0 bridgehead atoms. The van der Waals surface area contributed by atoms with Crippen LogP contribution in [0.25, 0.3) is 6.08 Å². The highest BCUT2D eigenvalue weighted by molar-refractivity contribution is 5.90. The lowest BCUT2D eigenvalue weighted by atomic mass is 10.2. The fourth-order valence-corrected chi connectivity index (χ4v) is 1.22. The summed E-state index contributed by atoms with van der Waals surface area (Å²) in [6.07, 6.45) is 10.3. The van der Waals surface area contributed by atoms with Crippen LogP contribution in [0.1, 0.15) is 18.4 Å². The molecular weight excluding hydrogens is 196 g/mol. The van der Waals surface area contributed by atoms with Gasteiger partial charge in [-0.25, -0.2) is 0 Å². The van der Waals surface area contributed by atoms with Gasteiger partial charge < -0.3 is 0 Å². The molecule has 0 atom stereocenters. The van der Waals surface area contributed by atoms with Gasteiger partial charge in [-0.3, -0.25) is 4.79 Å². The lowest BCUT2D eigenvalue weighted by molar-refractivity contribution is -0.114. The van der Waals surface area contributed by atoms with Crippen molar-refractivity contribution in [3.8, 4) is 0 Å². The van der Waals surface area contributed by atoms with Gasteiger partial charge in [-0.05, 0) is 18.1 Å². The molecule has 0 radical (unpaired) electrons. The molecule has 1 nitrogen and oxygen atoms in total. The number of benzene rings is 1. The van der Waals surface area contributed by atoms with E-state index < -0.39 is 0 Å². The van der Waals surface area contributed by atoms with Gasteiger partial charge in [0.05, 0.1) is 0 Å². The number of allylic oxidation sites excluding steroid dienone is 4. The highest BCUT2D eigenvalue weighted by Gasteiger charge is 1.91. The molecule has 0 fully saturated rings. The van der Waals surface area contributed by atoms with Crippen molar-refractivity contribution < 1.29 is 4.79 Å². The summed E-state index contributed by atoms with van der Waals surface area (Å²) >= 11 is 0. The van der Waals surface area contributed by atoms with Gasteiger partial charge in [0.25, 0.3) is 0 Å². The van der Waals surface area contributed by atoms with Crippen LogP contribution in [0.3, 0.4) is 0 Å². The zero-order valence-corrected chi connectivity index (χ0v) is 9.30. The van der Waals surface area contributed by atoms with Crippen LogP contribution in [0.4, 0.5) is 0 Å². The van der Waals surface area contributed by atoms with E-state index in [0.717, 1.165) is 12.0 Å². The normalized spacial score (nSPS) is 11.0. The minimum atomic E-state index is 0.137. The fraction of sp³-hybridized carbons (Fsp3) is 0.133. The van der Waals surface area contributed by atoms with Crippen LogP contribution in [-0.4, -0.2) is 5.78 Å². The Morgan fingerprint density at radius 2 is 1.94 bits per heavy atom. The SMILES string of the molecule is C=CCCC(=O)/C=C/C=C/c1ccccc1. The van der Waals surface area contributed by atoms with E-state index in [9.17, 15) is 4.79 Å². The Morgan fingerprint density at radius 3 is 2.62 bits per heavy atom. The first-order valence-corrected chi connectivity index (χ1v) is 5.36. The number of rotatable bonds is 6. The second-order valence-electron chi connectivity index (χ2n) is 3.42. The van der Waals surface area contributed by atoms with Crippen molar-refractivity contribution in [3.05, 3.63) is 66.8 Å². The Kier molecular flexibility index (Phi) is 5.64. The van der Waals surface area contributed by atoms with E-state index in [2.05, 4.69) is 6.58 Å². The highest BCUT2D eigenvalue weighted by Crippen LogP contribution is 2.01. The summed E-state index contributed by atoms with van der Waals surface area (Å²) in [7, 11) is 0. The third-order valence-corrected chi connectivity index (χ3v) is 2.08. The van der Waals surface area contributed by atoms with E-state index in [0.29, 0.717) is 6.42 Å². The first-order valence-electron chi connectivity index (χ1n) is 5.36. The fourth-order valence-electron chi connectivity index (χ4n) is 1.22. The Balaban J connectivity index is 2.39. The average Bonchev–Trinajstić information content (AvgIpc) is 2.33. The zero-order valence-electron chi connectivity index (χ0n) is 9.30. The third-order valence-electron chi connectivity index (χ3n) is 2.08. The molecular formula is C15H16O. The molecule has 16 heavy (non-hydrogen) atoms. The molecule has 0 aliphatic carbocycles. The molecule has 0 aliphatic heterocycles. The van der Waals surface area contributed by atoms with Gasteiger partial charge in [0.15, 0.2) is 5.78 Å². The first kappa shape index (κ1) is 12.2. The summed E-state index contributed by atoms with van der Waals surface area (Å²) in [5, 5.41) is 0. The second kappa shape index (κ2) is 7.41. The van der Waals surface area contributed by atoms with Crippen LogP contribution in [0.2, 0.25) is 0 Å². The van der Waals surface area contributed by atoms with Gasteiger partial charge in [0.1, 0.15) is 0 Å². The van der Waals surface area contributed by atoms with Crippen molar-refractivity contribution >= 4 is 11.9 Å². The lowest BCUT2D eigenvalue weighted by Gasteiger charge is -1.89. The van der Waals surface area contributed by atoms with E-state index in [1.807, 2.05) is 42.5 Å². The van der Waals surface area contributed by atoms with Gasteiger partial charge in [-0.1, -0.05) is 54.6 Å². The van der Waals surface area contributed by atoms with Gasteiger partial charge in [-0.15, -0.1) is 6.58 Å². The van der Waals surface area contributed by atoms with E-state index in [4.69, 9.17) is 0 Å². The Morgan fingerprint density at radius 1 is 1.19 bits per heavy atom. The summed E-state index contributed by atoms with van der Waals surface area (Å²) in [6, 6.07) is 9.98. The molecule has 0 heterocycles. The summed E-state index contributed by atoms with van der Waals surface area (Å²) in [5.41, 5.74) is 1.13. The van der Waals surface area contributed by atoms with Gasteiger partial charge >= 0.3 is 0 Å². The minimum absolute atomic E-state index is 0.137. The summed E-state index contributed by atoms with van der Waals surface area (Å²) in [4.78, 5) is 11.2. The second-order valence-corrected chi connectivity index (χ2v) is 3.42. The summed E-state index contributed by atoms with van der Waals surface area (Å²) in [5.74, 6) is 0.137. The molecule has 0 saturated heterocycles. The van der Waals surface area contributed by atoms with Crippen molar-refractivity contribution in [1.29, 1.82) is 0 Å². The highest BCUT2D eigenvalue weighted by atomic mass is 16.1. The number of hydrogen-bond acceptors (Lipinski definition) is 1. The minimum Gasteiger partial charge on any atom is -0.295 e. The number of carbonyl (C=O) groups is 1. The number of ketones is 1. The van der Waals surface area contributed by atoms with Gasteiger partial charge in [0, 0.05) is 6.42 Å². The molecule has 0 spiro atoms. The summed E-state index contributed by atoms with van der Waals surface area (Å²) < 4.78 is 0. The quantitative estimate of drug-likeness (QED) is 0.398. The van der Waals surface area contributed by atoms with Crippen LogP contribution in [0.15, 0.2) is 61.2 Å². The van der Waals surface area contributed by atoms with E-state index in [-0.39, 0.29) is 5.78 Å². The first-order chi connectivity index (χ1) is 7.83. The molecule has 0 aromatic heterocycles. The largest absolute Gasteiger partial charge is 0.295 e. The molecule has 0 N–H and O–H groups in total. The molecule has 0 unspecified atom stereocenters. The maximum atomic E-state index is 11.2. The van der Waals surface area contributed by atoms with Crippen molar-refractivity contribution in [2.75, 3.05) is 0 Å². The summed E-state index contributed by atoms with van der Waals surface area (Å²) in [6.45, 7) is 3.58. The number of hydrogen-bond donors (Lipinski definition) is 0.